The van der Waals surface area contributed by atoms with Gasteiger partial charge >= 0.3 is 5.97 Å². The molecule has 0 unspecified atom stereocenters. The lowest BCUT2D eigenvalue weighted by Gasteiger charge is -2.30. The van der Waals surface area contributed by atoms with Gasteiger partial charge < -0.3 is 5.11 Å². The molecule has 0 aromatic carbocycles. The molecule has 0 saturated heterocycles. The topological polar surface area (TPSA) is 49.3 Å². The number of fused-ring (bicyclic) bond motifs is 1. The van der Waals surface area contributed by atoms with Crippen LogP contribution in [0, 0.1) is 0 Å². The summed E-state index contributed by atoms with van der Waals surface area (Å²) in [6.07, 6.45) is 0.932. The molecule has 2 N–H and O–H groups in total. The number of aliphatic carboxylic acids is 1. The van der Waals surface area contributed by atoms with Crippen LogP contribution in [0.15, 0.2) is 11.4 Å². The van der Waals surface area contributed by atoms with E-state index in [4.69, 9.17) is 5.11 Å². The van der Waals surface area contributed by atoms with Crippen molar-refractivity contribution >= 4 is 17.3 Å². The summed E-state index contributed by atoms with van der Waals surface area (Å²) < 4.78 is 0. The summed E-state index contributed by atoms with van der Waals surface area (Å²) in [4.78, 5) is 12.0. The van der Waals surface area contributed by atoms with Gasteiger partial charge in [0.05, 0.1) is 0 Å². The van der Waals surface area contributed by atoms with Crippen LogP contribution in [0.4, 0.5) is 0 Å². The average Bonchev–Trinajstić information content (AvgIpc) is 2.53. The van der Waals surface area contributed by atoms with Crippen molar-refractivity contribution in [2.45, 2.75) is 18.9 Å². The Morgan fingerprint density at radius 3 is 3.23 bits per heavy atom. The van der Waals surface area contributed by atoms with Crippen molar-refractivity contribution in [3.63, 3.8) is 0 Å². The van der Waals surface area contributed by atoms with Gasteiger partial charge in [-0.2, -0.15) is 0 Å². The van der Waals surface area contributed by atoms with E-state index in [-0.39, 0.29) is 0 Å². The second-order valence-corrected chi connectivity index (χ2v) is 4.30. The quantitative estimate of drug-likeness (QED) is 0.711. The van der Waals surface area contributed by atoms with Gasteiger partial charge in [-0.1, -0.05) is 0 Å². The molecular weight excluding hydrogens is 186 g/mol. The molecule has 0 aliphatic carbocycles. The van der Waals surface area contributed by atoms with Crippen LogP contribution in [0.2, 0.25) is 0 Å². The molecule has 2 rings (SSSR count). The summed E-state index contributed by atoms with van der Waals surface area (Å²) in [5.41, 5.74) is 0.301. The third-order valence-electron chi connectivity index (χ3n) is 2.50. The maximum atomic E-state index is 11.1. The molecule has 0 radical (unpaired) electrons. The third-order valence-corrected chi connectivity index (χ3v) is 3.68. The van der Waals surface area contributed by atoms with Crippen LogP contribution < -0.4 is 5.32 Å². The van der Waals surface area contributed by atoms with E-state index in [1.165, 1.54) is 16.9 Å². The van der Waals surface area contributed by atoms with Gasteiger partial charge in [-0.3, -0.25) is 5.32 Å². The maximum Gasteiger partial charge on any atom is 0.329 e. The molecule has 1 aliphatic rings. The lowest BCUT2D eigenvalue weighted by molar-refractivity contribution is -0.144. The van der Waals surface area contributed by atoms with Crippen molar-refractivity contribution in [2.75, 3.05) is 6.54 Å². The van der Waals surface area contributed by atoms with Crippen LogP contribution >= 0.6 is 11.3 Å². The van der Waals surface area contributed by atoms with Gasteiger partial charge in [0.1, 0.15) is 5.54 Å². The van der Waals surface area contributed by atoms with Crippen molar-refractivity contribution in [1.82, 2.24) is 5.32 Å². The van der Waals surface area contributed by atoms with E-state index in [1.807, 2.05) is 11.4 Å². The van der Waals surface area contributed by atoms with Crippen molar-refractivity contribution in [2.24, 2.45) is 0 Å². The summed E-state index contributed by atoms with van der Waals surface area (Å²) >= 11 is 1.52. The Hall–Kier alpha value is -0.870. The molecule has 3 nitrogen and oxygen atoms in total. The van der Waals surface area contributed by atoms with Gasteiger partial charge in [0.15, 0.2) is 0 Å². The number of hydrogen-bond donors (Lipinski definition) is 2. The monoisotopic (exact) mass is 197 g/mol. The molecular formula is C9H11NO2S. The average molecular weight is 197 g/mol. The largest absolute Gasteiger partial charge is 0.480 e. The van der Waals surface area contributed by atoms with E-state index in [1.54, 1.807) is 6.92 Å². The molecule has 1 aromatic rings. The summed E-state index contributed by atoms with van der Waals surface area (Å²) in [6, 6.07) is 2.02. The molecule has 0 amide bonds. The van der Waals surface area contributed by atoms with E-state index < -0.39 is 11.5 Å². The highest BCUT2D eigenvalue weighted by molar-refractivity contribution is 7.10. The fraction of sp³-hybridized carbons (Fsp3) is 0.444. The minimum Gasteiger partial charge on any atom is -0.480 e. The zero-order chi connectivity index (χ0) is 9.47. The molecule has 0 fully saturated rings. The SMILES string of the molecule is C[C@]1(C(=O)O)NCCc2ccsc21. The number of hydrogen-bond acceptors (Lipinski definition) is 3. The molecule has 2 heterocycles. The first-order valence-corrected chi connectivity index (χ1v) is 5.08. The van der Waals surface area contributed by atoms with Gasteiger partial charge in [-0.05, 0) is 30.4 Å². The smallest absolute Gasteiger partial charge is 0.329 e. The van der Waals surface area contributed by atoms with Crippen molar-refractivity contribution in [3.8, 4) is 0 Å². The first-order chi connectivity index (χ1) is 6.14. The van der Waals surface area contributed by atoms with Crippen LogP contribution in [0.3, 0.4) is 0 Å². The maximum absolute atomic E-state index is 11.1. The van der Waals surface area contributed by atoms with Gasteiger partial charge in [-0.25, -0.2) is 4.79 Å². The predicted octanol–water partition coefficient (Wildman–Crippen LogP) is 1.19. The van der Waals surface area contributed by atoms with E-state index in [2.05, 4.69) is 5.32 Å². The number of carboxylic acid groups (broad SMARTS) is 1. The zero-order valence-corrected chi connectivity index (χ0v) is 8.15. The Balaban J connectivity index is 2.51. The summed E-state index contributed by atoms with van der Waals surface area (Å²) in [5, 5.41) is 14.1. The van der Waals surface area contributed by atoms with E-state index in [0.29, 0.717) is 0 Å². The highest BCUT2D eigenvalue weighted by Gasteiger charge is 2.39. The Kier molecular flexibility index (Phi) is 1.89. The second kappa shape index (κ2) is 2.82. The Morgan fingerprint density at radius 1 is 1.77 bits per heavy atom. The second-order valence-electron chi connectivity index (χ2n) is 3.38. The fourth-order valence-corrected chi connectivity index (χ4v) is 2.76. The Labute approximate surface area is 80.4 Å². The molecule has 1 aliphatic heterocycles. The van der Waals surface area contributed by atoms with E-state index in [0.717, 1.165) is 17.8 Å². The Bertz CT molecular complexity index is 347. The number of rotatable bonds is 1. The first-order valence-electron chi connectivity index (χ1n) is 4.20. The molecule has 13 heavy (non-hydrogen) atoms. The number of carbonyl (C=O) groups is 1. The molecule has 1 aromatic heterocycles. The molecule has 1 atom stereocenters. The zero-order valence-electron chi connectivity index (χ0n) is 7.33. The van der Waals surface area contributed by atoms with Crippen LogP contribution in [0.25, 0.3) is 0 Å². The van der Waals surface area contributed by atoms with Crippen LogP contribution in [-0.4, -0.2) is 17.6 Å². The minimum absolute atomic E-state index is 0.743. The van der Waals surface area contributed by atoms with Gasteiger partial charge in [-0.15, -0.1) is 11.3 Å². The fourth-order valence-electron chi connectivity index (χ4n) is 1.67. The van der Waals surface area contributed by atoms with E-state index >= 15 is 0 Å². The third kappa shape index (κ3) is 1.17. The molecule has 70 valence electrons. The molecule has 0 bridgehead atoms. The van der Waals surface area contributed by atoms with Gasteiger partial charge in [0.25, 0.3) is 0 Å². The summed E-state index contributed by atoms with van der Waals surface area (Å²) in [7, 11) is 0. The van der Waals surface area contributed by atoms with Crippen LogP contribution in [-0.2, 0) is 16.8 Å². The van der Waals surface area contributed by atoms with Gasteiger partial charge in [0, 0.05) is 11.4 Å². The first kappa shape index (κ1) is 8.72. The van der Waals surface area contributed by atoms with Crippen molar-refractivity contribution in [3.05, 3.63) is 21.9 Å². The van der Waals surface area contributed by atoms with Crippen molar-refractivity contribution in [1.29, 1.82) is 0 Å². The van der Waals surface area contributed by atoms with Crippen LogP contribution in [0.1, 0.15) is 17.4 Å². The highest BCUT2D eigenvalue weighted by Crippen LogP contribution is 2.32. The Morgan fingerprint density at radius 2 is 2.54 bits per heavy atom. The lowest BCUT2D eigenvalue weighted by Crippen LogP contribution is -2.49. The van der Waals surface area contributed by atoms with E-state index in [9.17, 15) is 4.79 Å². The van der Waals surface area contributed by atoms with Crippen molar-refractivity contribution < 1.29 is 9.90 Å². The number of nitrogens with one attached hydrogen (secondary N) is 1. The minimum atomic E-state index is -0.873. The molecule has 0 saturated carbocycles. The van der Waals surface area contributed by atoms with Crippen LogP contribution in [0.5, 0.6) is 0 Å². The normalized spacial score (nSPS) is 26.8. The summed E-state index contributed by atoms with van der Waals surface area (Å²) in [6.45, 7) is 2.47. The highest BCUT2D eigenvalue weighted by atomic mass is 32.1. The van der Waals surface area contributed by atoms with Gasteiger partial charge in [0.2, 0.25) is 0 Å². The standard InChI is InChI=1S/C9H11NO2S/c1-9(8(11)12)7-6(2-4-10-9)3-5-13-7/h3,5,10H,2,4H2,1H3,(H,11,12)/t9-/m0/s1. The number of thiophene rings is 1. The molecule has 4 heteroatoms. The predicted molar refractivity (Wildman–Crippen MR) is 51.0 cm³/mol. The lowest BCUT2D eigenvalue weighted by atomic mass is 9.92. The molecule has 0 spiro atoms. The number of carboxylic acids is 1. The summed E-state index contributed by atoms with van der Waals surface area (Å²) in [5.74, 6) is -0.795.